The van der Waals surface area contributed by atoms with Gasteiger partial charge in [0.15, 0.2) is 6.04 Å². The Balaban J connectivity index is 1.51. The second kappa shape index (κ2) is 8.41. The highest BCUT2D eigenvalue weighted by molar-refractivity contribution is 6.33. The third kappa shape index (κ3) is 4.48. The summed E-state index contributed by atoms with van der Waals surface area (Å²) in [5, 5.41) is 4.13. The summed E-state index contributed by atoms with van der Waals surface area (Å²) in [5.41, 5.74) is 1.11. The molecule has 1 heterocycles. The number of para-hydroxylation sites is 1. The van der Waals surface area contributed by atoms with Gasteiger partial charge in [0, 0.05) is 6.04 Å². The Hall–Kier alpha value is -1.26. The van der Waals surface area contributed by atoms with Crippen molar-refractivity contribution in [1.29, 1.82) is 0 Å². The predicted molar refractivity (Wildman–Crippen MR) is 103 cm³/mol. The first-order chi connectivity index (χ1) is 12.1. The van der Waals surface area contributed by atoms with Crippen molar-refractivity contribution in [2.24, 2.45) is 5.92 Å². The molecule has 25 heavy (non-hydrogen) atoms. The summed E-state index contributed by atoms with van der Waals surface area (Å²) in [6.45, 7) is 8.17. The highest BCUT2D eigenvalue weighted by Gasteiger charge is 2.32. The lowest BCUT2D eigenvalue weighted by Gasteiger charge is -2.37. The number of amides is 1. The number of anilines is 1. The summed E-state index contributed by atoms with van der Waals surface area (Å²) in [5.74, 6) is 0.830. The number of piperazine rings is 1. The summed E-state index contributed by atoms with van der Waals surface area (Å²) in [7, 11) is 0. The molecule has 0 spiro atoms. The van der Waals surface area contributed by atoms with E-state index >= 15 is 0 Å². The molecule has 1 saturated heterocycles. The molecule has 2 fully saturated rings. The van der Waals surface area contributed by atoms with Gasteiger partial charge in [0.1, 0.15) is 0 Å². The van der Waals surface area contributed by atoms with Crippen molar-refractivity contribution in [3.63, 3.8) is 0 Å². The van der Waals surface area contributed by atoms with E-state index in [0.29, 0.717) is 12.0 Å². The molecule has 1 aromatic carbocycles. The number of hydrogen-bond donors (Lipinski definition) is 2. The predicted octanol–water partition coefficient (Wildman–Crippen LogP) is 2.13. The number of carbonyl (C=O) groups excluding carboxylic acids is 1. The Morgan fingerprint density at radius 2 is 1.92 bits per heavy atom. The van der Waals surface area contributed by atoms with E-state index in [-0.39, 0.29) is 11.9 Å². The highest BCUT2D eigenvalue weighted by Crippen LogP contribution is 2.25. The zero-order chi connectivity index (χ0) is 17.8. The summed E-state index contributed by atoms with van der Waals surface area (Å²) >= 11 is 6.32. The second-order valence-corrected chi connectivity index (χ2v) is 8.10. The van der Waals surface area contributed by atoms with Gasteiger partial charge in [-0.2, -0.15) is 0 Å². The molecule has 138 valence electrons. The van der Waals surface area contributed by atoms with Crippen LogP contribution in [0.5, 0.6) is 0 Å². The number of quaternary nitrogens is 1. The molecule has 0 aromatic heterocycles. The van der Waals surface area contributed by atoms with Crippen LogP contribution in [-0.2, 0) is 4.79 Å². The van der Waals surface area contributed by atoms with Gasteiger partial charge < -0.3 is 15.1 Å². The van der Waals surface area contributed by atoms with Gasteiger partial charge in [-0.15, -0.1) is 0 Å². The number of hydrogen-bond acceptors (Lipinski definition) is 2. The fourth-order valence-electron chi connectivity index (χ4n) is 4.20. The summed E-state index contributed by atoms with van der Waals surface area (Å²) in [6.07, 6.45) is 4.92. The molecule has 5 heteroatoms. The average molecular weight is 365 g/mol. The fraction of sp³-hybridized carbons (Fsp3) is 0.650. The van der Waals surface area contributed by atoms with E-state index in [1.165, 1.54) is 24.2 Å². The quantitative estimate of drug-likeness (QED) is 0.858. The van der Waals surface area contributed by atoms with Gasteiger partial charge in [-0.05, 0) is 37.8 Å². The first kappa shape index (κ1) is 18.5. The van der Waals surface area contributed by atoms with Crippen LogP contribution < -0.4 is 15.1 Å². The number of nitrogens with one attached hydrogen (secondary N) is 2. The van der Waals surface area contributed by atoms with Crippen LogP contribution in [0.4, 0.5) is 5.69 Å². The molecule has 2 aliphatic rings. The van der Waals surface area contributed by atoms with Crippen LogP contribution in [0.3, 0.4) is 0 Å². The van der Waals surface area contributed by atoms with E-state index in [4.69, 9.17) is 11.6 Å². The van der Waals surface area contributed by atoms with Gasteiger partial charge >= 0.3 is 0 Å². The Labute approximate surface area is 156 Å². The first-order valence-electron chi connectivity index (χ1n) is 9.70. The van der Waals surface area contributed by atoms with Crippen LogP contribution in [0, 0.1) is 5.92 Å². The minimum absolute atomic E-state index is 0.0162. The number of benzene rings is 1. The minimum Gasteiger partial charge on any atom is -0.359 e. The van der Waals surface area contributed by atoms with Crippen molar-refractivity contribution in [2.45, 2.75) is 51.6 Å². The smallest absolute Gasteiger partial charge is 0.278 e. The lowest BCUT2D eigenvalue weighted by Crippen LogP contribution is -3.19. The van der Waals surface area contributed by atoms with E-state index < -0.39 is 0 Å². The van der Waals surface area contributed by atoms with Crippen LogP contribution in [0.15, 0.2) is 24.3 Å². The molecular weight excluding hydrogens is 334 g/mol. The molecule has 3 rings (SSSR count). The van der Waals surface area contributed by atoms with Crippen LogP contribution in [0.25, 0.3) is 0 Å². The van der Waals surface area contributed by atoms with Crippen molar-refractivity contribution in [3.05, 3.63) is 29.3 Å². The maximum atomic E-state index is 12.7. The Morgan fingerprint density at radius 3 is 2.60 bits per heavy atom. The molecule has 1 aliphatic heterocycles. The third-order valence-corrected chi connectivity index (χ3v) is 6.36. The molecule has 0 bridgehead atoms. The Bertz CT molecular complexity index is 586. The summed E-state index contributed by atoms with van der Waals surface area (Å²) in [4.78, 5) is 16.4. The van der Waals surface area contributed by atoms with E-state index in [0.717, 1.165) is 43.3 Å². The maximum absolute atomic E-state index is 12.7. The van der Waals surface area contributed by atoms with E-state index in [9.17, 15) is 4.79 Å². The summed E-state index contributed by atoms with van der Waals surface area (Å²) in [6, 6.07) is 8.40. The molecule has 2 N–H and O–H groups in total. The zero-order valence-corrected chi connectivity index (χ0v) is 16.2. The van der Waals surface area contributed by atoms with Crippen LogP contribution in [0.2, 0.25) is 5.02 Å². The number of carbonyl (C=O) groups is 1. The third-order valence-electron chi connectivity index (χ3n) is 6.04. The molecule has 1 aromatic rings. The average Bonchev–Trinajstić information content (AvgIpc) is 2.63. The second-order valence-electron chi connectivity index (χ2n) is 7.70. The number of rotatable bonds is 4. The Kier molecular flexibility index (Phi) is 6.24. The number of halogens is 1. The van der Waals surface area contributed by atoms with E-state index in [1.54, 1.807) is 0 Å². The lowest BCUT2D eigenvalue weighted by atomic mass is 9.86. The molecule has 0 unspecified atom stereocenters. The highest BCUT2D eigenvalue weighted by atomic mass is 35.5. The normalized spacial score (nSPS) is 26.3. The van der Waals surface area contributed by atoms with Crippen molar-refractivity contribution >= 4 is 23.2 Å². The van der Waals surface area contributed by atoms with Crippen LogP contribution in [0.1, 0.15) is 39.5 Å². The molecule has 1 aliphatic carbocycles. The van der Waals surface area contributed by atoms with Gasteiger partial charge in [0.05, 0.1) is 36.9 Å². The Morgan fingerprint density at radius 1 is 1.24 bits per heavy atom. The van der Waals surface area contributed by atoms with Crippen molar-refractivity contribution in [1.82, 2.24) is 5.32 Å². The SMILES string of the molecule is C[C@@H]1CCCC[C@@H]1NC(=O)[C@@H](C)[NH+]1CCN(c2ccccc2Cl)CC1. The lowest BCUT2D eigenvalue weighted by molar-refractivity contribution is -0.914. The van der Waals surface area contributed by atoms with Gasteiger partial charge in [-0.1, -0.05) is 43.5 Å². The summed E-state index contributed by atoms with van der Waals surface area (Å²) < 4.78 is 0. The number of nitrogens with zero attached hydrogens (tertiary/aromatic N) is 1. The van der Waals surface area contributed by atoms with Crippen molar-refractivity contribution in [3.8, 4) is 0 Å². The van der Waals surface area contributed by atoms with Crippen LogP contribution in [-0.4, -0.2) is 44.2 Å². The first-order valence-corrected chi connectivity index (χ1v) is 10.1. The van der Waals surface area contributed by atoms with Crippen molar-refractivity contribution < 1.29 is 9.69 Å². The zero-order valence-electron chi connectivity index (χ0n) is 15.4. The van der Waals surface area contributed by atoms with Crippen molar-refractivity contribution in [2.75, 3.05) is 31.1 Å². The largest absolute Gasteiger partial charge is 0.359 e. The molecular formula is C20H31ClN3O+. The van der Waals surface area contributed by atoms with Gasteiger partial charge in [-0.3, -0.25) is 4.79 Å². The topological polar surface area (TPSA) is 36.8 Å². The molecule has 0 radical (unpaired) electrons. The van der Waals surface area contributed by atoms with Gasteiger partial charge in [-0.25, -0.2) is 0 Å². The molecule has 1 amide bonds. The maximum Gasteiger partial charge on any atom is 0.278 e. The minimum atomic E-state index is 0.0162. The monoisotopic (exact) mass is 364 g/mol. The van der Waals surface area contributed by atoms with Crippen LogP contribution >= 0.6 is 11.6 Å². The molecule has 1 saturated carbocycles. The molecule has 4 nitrogen and oxygen atoms in total. The van der Waals surface area contributed by atoms with Gasteiger partial charge in [0.25, 0.3) is 5.91 Å². The molecule has 3 atom stereocenters. The standard InChI is InChI=1S/C20H30ClN3O/c1-15-7-3-5-9-18(15)22-20(25)16(2)23-11-13-24(14-12-23)19-10-6-4-8-17(19)21/h4,6,8,10,15-16,18H,3,5,7,9,11-14H2,1-2H3,(H,22,25)/p+1/t15-,16-,18+/m1/s1. The fourth-order valence-corrected chi connectivity index (χ4v) is 4.46. The van der Waals surface area contributed by atoms with E-state index in [1.807, 2.05) is 18.2 Å². The van der Waals surface area contributed by atoms with E-state index in [2.05, 4.69) is 30.1 Å². The van der Waals surface area contributed by atoms with Gasteiger partial charge in [0.2, 0.25) is 0 Å².